The summed E-state index contributed by atoms with van der Waals surface area (Å²) in [6, 6.07) is 2.56. The molecule has 3 aliphatic carbocycles. The second-order valence-corrected chi connectivity index (χ2v) is 9.45. The van der Waals surface area contributed by atoms with Crippen molar-refractivity contribution in [2.45, 2.75) is 38.6 Å². The van der Waals surface area contributed by atoms with Crippen molar-refractivity contribution in [2.75, 3.05) is 5.32 Å². The zero-order valence-corrected chi connectivity index (χ0v) is 17.3. The van der Waals surface area contributed by atoms with Crippen molar-refractivity contribution >= 4 is 38.4 Å². The molecule has 0 aliphatic heterocycles. The van der Waals surface area contributed by atoms with Gasteiger partial charge in [0.25, 0.3) is 0 Å². The minimum absolute atomic E-state index is 0.257. The van der Waals surface area contributed by atoms with E-state index in [2.05, 4.69) is 27.2 Å². The summed E-state index contributed by atoms with van der Waals surface area (Å²) in [6.45, 7) is 2.33. The van der Waals surface area contributed by atoms with E-state index in [9.17, 15) is 8.78 Å². The number of hydrogen-bond donors (Lipinski definition) is 2. The molecule has 3 aromatic heterocycles. The maximum absolute atomic E-state index is 14.2. The Morgan fingerprint density at radius 3 is 2.70 bits per heavy atom. The van der Waals surface area contributed by atoms with E-state index in [0.717, 1.165) is 22.3 Å². The zero-order valence-electron chi connectivity index (χ0n) is 16.5. The van der Waals surface area contributed by atoms with Gasteiger partial charge in [0.1, 0.15) is 22.0 Å². The highest BCUT2D eigenvalue weighted by Gasteiger charge is 2.41. The molecular formula is C22H21F2N5S. The molecule has 2 N–H and O–H groups in total. The summed E-state index contributed by atoms with van der Waals surface area (Å²) >= 11 is 1.44. The van der Waals surface area contributed by atoms with E-state index in [1.54, 1.807) is 11.7 Å². The lowest BCUT2D eigenvalue weighted by molar-refractivity contribution is 0.0928. The topological polar surface area (TPSA) is 66.5 Å². The number of nitrogens with one attached hydrogen (secondary N) is 2. The lowest BCUT2D eigenvalue weighted by Crippen LogP contribution is -2.47. The smallest absolute Gasteiger partial charge is 0.165 e. The minimum Gasteiger partial charge on any atom is -0.365 e. The van der Waals surface area contributed by atoms with E-state index >= 15 is 0 Å². The van der Waals surface area contributed by atoms with Crippen LogP contribution in [0, 0.1) is 29.4 Å². The van der Waals surface area contributed by atoms with Gasteiger partial charge in [0.2, 0.25) is 0 Å². The first-order valence-corrected chi connectivity index (χ1v) is 11.3. The summed E-state index contributed by atoms with van der Waals surface area (Å²) < 4.78 is 28.0. The van der Waals surface area contributed by atoms with E-state index in [1.165, 1.54) is 43.1 Å². The van der Waals surface area contributed by atoms with Crippen LogP contribution in [-0.4, -0.2) is 26.0 Å². The van der Waals surface area contributed by atoms with Gasteiger partial charge < -0.3 is 10.3 Å². The van der Waals surface area contributed by atoms with Gasteiger partial charge in [-0.15, -0.1) is 11.3 Å². The number of benzene rings is 1. The van der Waals surface area contributed by atoms with Gasteiger partial charge >= 0.3 is 0 Å². The molecule has 8 heteroatoms. The average molecular weight is 426 g/mol. The monoisotopic (exact) mass is 425 g/mol. The van der Waals surface area contributed by atoms with E-state index in [0.29, 0.717) is 40.5 Å². The second kappa shape index (κ2) is 6.70. The SMILES string of the molecule is C[C@H]1C2CCC(CC2)[C@@H]1Nc1nc(-c2c[nH]c3c(F)cc(F)cc23)nc2scnc12. The van der Waals surface area contributed by atoms with E-state index < -0.39 is 11.6 Å². The second-order valence-electron chi connectivity index (χ2n) is 8.62. The molecule has 0 radical (unpaired) electrons. The molecule has 2 atom stereocenters. The Morgan fingerprint density at radius 2 is 1.90 bits per heavy atom. The van der Waals surface area contributed by atoms with Gasteiger partial charge in [-0.05, 0) is 49.5 Å². The standard InChI is InChI=1S/C22H21F2N5S/c1-10-11-2-4-12(5-3-11)17(10)27-21-19-22(30-9-26-19)29-20(28-21)15-8-25-18-14(15)6-13(23)7-16(18)24/h6-12,17,25H,2-5H2,1H3,(H,27,28,29)/t10-,11?,12?,17+/m0/s1. The highest BCUT2D eigenvalue weighted by molar-refractivity contribution is 7.16. The number of nitrogens with zero attached hydrogens (tertiary/aromatic N) is 3. The van der Waals surface area contributed by atoms with Gasteiger partial charge in [0.15, 0.2) is 11.6 Å². The van der Waals surface area contributed by atoms with Crippen LogP contribution in [0.2, 0.25) is 0 Å². The Balaban J connectivity index is 1.46. The molecule has 0 unspecified atom stereocenters. The number of aromatic nitrogens is 4. The molecule has 3 fully saturated rings. The van der Waals surface area contributed by atoms with Crippen LogP contribution in [0.5, 0.6) is 0 Å². The molecule has 0 amide bonds. The summed E-state index contributed by atoms with van der Waals surface area (Å²) in [4.78, 5) is 17.6. The molecule has 0 saturated heterocycles. The fourth-order valence-corrected chi connectivity index (χ4v) is 6.14. The number of anilines is 1. The third-order valence-corrected chi connectivity index (χ3v) is 7.80. The van der Waals surface area contributed by atoms with Gasteiger partial charge in [0, 0.05) is 29.3 Å². The number of rotatable bonds is 3. The molecule has 4 aromatic rings. The van der Waals surface area contributed by atoms with Crippen LogP contribution in [0.3, 0.4) is 0 Å². The maximum atomic E-state index is 14.2. The number of halogens is 2. The largest absolute Gasteiger partial charge is 0.365 e. The number of aromatic amines is 1. The Kier molecular flexibility index (Phi) is 4.06. The highest BCUT2D eigenvalue weighted by Crippen LogP contribution is 2.46. The van der Waals surface area contributed by atoms with Crippen LogP contribution in [0.4, 0.5) is 14.6 Å². The summed E-state index contributed by atoms with van der Waals surface area (Å²) in [6.07, 6.45) is 6.79. The van der Waals surface area contributed by atoms with Crippen LogP contribution in [-0.2, 0) is 0 Å². The van der Waals surface area contributed by atoms with E-state index in [-0.39, 0.29) is 5.52 Å². The molecule has 3 heterocycles. The first kappa shape index (κ1) is 18.2. The quantitative estimate of drug-likeness (QED) is 0.439. The fraction of sp³-hybridized carbons (Fsp3) is 0.409. The molecule has 154 valence electrons. The van der Waals surface area contributed by atoms with Gasteiger partial charge in [-0.3, -0.25) is 0 Å². The van der Waals surface area contributed by atoms with E-state index in [1.807, 2.05) is 0 Å². The number of thiazole rings is 1. The minimum atomic E-state index is -0.625. The molecule has 3 saturated carbocycles. The Hall–Kier alpha value is -2.61. The summed E-state index contributed by atoms with van der Waals surface area (Å²) in [5.41, 5.74) is 3.36. The first-order chi connectivity index (χ1) is 14.6. The first-order valence-electron chi connectivity index (χ1n) is 10.4. The third-order valence-electron chi connectivity index (χ3n) is 7.08. The van der Waals surface area contributed by atoms with Crippen LogP contribution in [0.15, 0.2) is 23.8 Å². The fourth-order valence-electron chi connectivity index (χ4n) is 5.48. The van der Waals surface area contributed by atoms with Crippen molar-refractivity contribution in [3.63, 3.8) is 0 Å². The van der Waals surface area contributed by atoms with Gasteiger partial charge in [-0.2, -0.15) is 0 Å². The predicted molar refractivity (Wildman–Crippen MR) is 114 cm³/mol. The van der Waals surface area contributed by atoms with Crippen LogP contribution in [0.1, 0.15) is 32.6 Å². The predicted octanol–water partition coefficient (Wildman–Crippen LogP) is 5.75. The normalized spacial score (nSPS) is 26.0. The third kappa shape index (κ3) is 2.73. The van der Waals surface area contributed by atoms with Crippen molar-refractivity contribution in [1.29, 1.82) is 0 Å². The summed E-state index contributed by atoms with van der Waals surface area (Å²) in [5.74, 6) is 1.91. The Labute approximate surface area is 176 Å². The number of fused-ring (bicyclic) bond motifs is 5. The van der Waals surface area contributed by atoms with Crippen molar-refractivity contribution in [1.82, 2.24) is 19.9 Å². The maximum Gasteiger partial charge on any atom is 0.165 e. The van der Waals surface area contributed by atoms with Crippen molar-refractivity contribution in [3.05, 3.63) is 35.5 Å². The summed E-state index contributed by atoms with van der Waals surface area (Å²) in [7, 11) is 0. The van der Waals surface area contributed by atoms with E-state index in [4.69, 9.17) is 4.98 Å². The lowest BCUT2D eigenvalue weighted by atomic mass is 9.62. The van der Waals surface area contributed by atoms with Crippen LogP contribution < -0.4 is 5.32 Å². The van der Waals surface area contributed by atoms with Gasteiger partial charge in [-0.25, -0.2) is 23.7 Å². The average Bonchev–Trinajstić information content (AvgIpc) is 3.38. The molecule has 5 nitrogen and oxygen atoms in total. The molecule has 0 spiro atoms. The molecule has 1 aromatic carbocycles. The van der Waals surface area contributed by atoms with Crippen LogP contribution in [0.25, 0.3) is 32.6 Å². The number of hydrogen-bond acceptors (Lipinski definition) is 5. The lowest BCUT2D eigenvalue weighted by Gasteiger charge is -2.47. The molecule has 30 heavy (non-hydrogen) atoms. The Bertz CT molecular complexity index is 1260. The van der Waals surface area contributed by atoms with Crippen molar-refractivity contribution < 1.29 is 8.78 Å². The van der Waals surface area contributed by atoms with Gasteiger partial charge in [0.05, 0.1) is 11.0 Å². The van der Waals surface area contributed by atoms with Gasteiger partial charge in [-0.1, -0.05) is 6.92 Å². The molecule has 3 aliphatic rings. The zero-order chi connectivity index (χ0) is 20.4. The van der Waals surface area contributed by atoms with Crippen molar-refractivity contribution in [3.8, 4) is 11.4 Å². The number of H-pyrrole nitrogens is 1. The molecule has 2 bridgehead atoms. The summed E-state index contributed by atoms with van der Waals surface area (Å²) in [5, 5.41) is 4.14. The molecule has 7 rings (SSSR count). The highest BCUT2D eigenvalue weighted by atomic mass is 32.1. The molecular weight excluding hydrogens is 404 g/mol. The van der Waals surface area contributed by atoms with Crippen molar-refractivity contribution in [2.24, 2.45) is 17.8 Å². The Morgan fingerprint density at radius 1 is 1.10 bits per heavy atom. The van der Waals surface area contributed by atoms with Crippen LogP contribution >= 0.6 is 11.3 Å².